The summed E-state index contributed by atoms with van der Waals surface area (Å²) < 4.78 is 0. The van der Waals surface area contributed by atoms with Crippen molar-refractivity contribution in [1.29, 1.82) is 0 Å². The Hall–Kier alpha value is -0.0800. The second-order valence-corrected chi connectivity index (χ2v) is 7.45. The molecule has 1 saturated heterocycles. The Bertz CT molecular complexity index is 212. The number of nitrogens with zero attached hydrogens (tertiary/aromatic N) is 2. The number of hydrogen-bond acceptors (Lipinski definition) is 2. The number of unbranched alkanes of at least 4 members (excludes halogenated alkanes) is 5. The van der Waals surface area contributed by atoms with E-state index in [9.17, 15) is 0 Å². The van der Waals surface area contributed by atoms with E-state index in [-0.39, 0.29) is 0 Å². The summed E-state index contributed by atoms with van der Waals surface area (Å²) in [6, 6.07) is 0. The van der Waals surface area contributed by atoms with Crippen molar-refractivity contribution in [2.24, 2.45) is 5.41 Å². The summed E-state index contributed by atoms with van der Waals surface area (Å²) in [7, 11) is 0. The molecule has 2 nitrogen and oxygen atoms in total. The van der Waals surface area contributed by atoms with Gasteiger partial charge in [-0.3, -0.25) is 0 Å². The molecule has 0 unspecified atom stereocenters. The Morgan fingerprint density at radius 3 is 1.57 bits per heavy atom. The van der Waals surface area contributed by atoms with Gasteiger partial charge in [-0.25, -0.2) is 0 Å². The molecular formula is C21H48N2. The van der Waals surface area contributed by atoms with Crippen LogP contribution >= 0.6 is 0 Å². The van der Waals surface area contributed by atoms with Crippen LogP contribution in [0, 0.1) is 5.41 Å². The first kappa shape index (κ1) is 25.2. The van der Waals surface area contributed by atoms with E-state index in [0.717, 1.165) is 0 Å². The largest absolute Gasteiger partial charge is 0.301 e. The average molecular weight is 329 g/mol. The molecule has 2 heteroatoms. The van der Waals surface area contributed by atoms with E-state index in [1.807, 2.05) is 27.7 Å². The van der Waals surface area contributed by atoms with Crippen LogP contribution in [0.4, 0.5) is 0 Å². The molecule has 0 aromatic heterocycles. The molecular weight excluding hydrogens is 280 g/mol. The van der Waals surface area contributed by atoms with Gasteiger partial charge in [0.25, 0.3) is 0 Å². The minimum Gasteiger partial charge on any atom is -0.301 e. The van der Waals surface area contributed by atoms with Crippen LogP contribution in [0.2, 0.25) is 0 Å². The maximum absolute atomic E-state index is 2.67. The van der Waals surface area contributed by atoms with Crippen LogP contribution in [-0.2, 0) is 0 Å². The first-order valence-corrected chi connectivity index (χ1v) is 10.5. The maximum atomic E-state index is 2.67. The van der Waals surface area contributed by atoms with Crippen LogP contribution in [-0.4, -0.2) is 49.1 Å². The van der Waals surface area contributed by atoms with Gasteiger partial charge >= 0.3 is 0 Å². The highest BCUT2D eigenvalue weighted by Gasteiger charge is 2.20. The zero-order chi connectivity index (χ0) is 18.1. The van der Waals surface area contributed by atoms with Crippen molar-refractivity contribution in [3.63, 3.8) is 0 Å². The third-order valence-electron chi connectivity index (χ3n) is 3.99. The number of piperazine rings is 1. The predicted molar refractivity (Wildman–Crippen MR) is 108 cm³/mol. The third kappa shape index (κ3) is 16.6. The quantitative estimate of drug-likeness (QED) is 0.499. The fourth-order valence-electron chi connectivity index (χ4n) is 2.96. The van der Waals surface area contributed by atoms with Crippen molar-refractivity contribution in [3.05, 3.63) is 0 Å². The zero-order valence-corrected chi connectivity index (χ0v) is 17.9. The van der Waals surface area contributed by atoms with Crippen LogP contribution in [0.3, 0.4) is 0 Å². The van der Waals surface area contributed by atoms with Gasteiger partial charge in [0, 0.05) is 32.7 Å². The van der Waals surface area contributed by atoms with Gasteiger partial charge in [-0.05, 0) is 18.4 Å². The molecule has 0 aromatic carbocycles. The van der Waals surface area contributed by atoms with E-state index < -0.39 is 0 Å². The Labute approximate surface area is 149 Å². The fraction of sp³-hybridized carbons (Fsp3) is 1.00. The normalized spacial score (nSPS) is 16.2. The Morgan fingerprint density at radius 2 is 1.09 bits per heavy atom. The standard InChI is InChI=1S/C17H36N2.2C2H6/c1-5-6-7-8-9-10-11-18-12-14-19(15-13-18)16-17(2,3)4;2*1-2/h5-16H2,1-4H3;2*1-2H3. The van der Waals surface area contributed by atoms with Gasteiger partial charge in [-0.2, -0.15) is 0 Å². The summed E-state index contributed by atoms with van der Waals surface area (Å²) in [6.45, 7) is 25.0. The van der Waals surface area contributed by atoms with Crippen LogP contribution in [0.1, 0.15) is 93.9 Å². The summed E-state index contributed by atoms with van der Waals surface area (Å²) in [4.78, 5) is 5.30. The van der Waals surface area contributed by atoms with Crippen molar-refractivity contribution in [3.8, 4) is 0 Å². The molecule has 0 bridgehead atoms. The Morgan fingerprint density at radius 1 is 0.652 bits per heavy atom. The molecule has 1 heterocycles. The molecule has 0 radical (unpaired) electrons. The van der Waals surface area contributed by atoms with Crippen LogP contribution in [0.15, 0.2) is 0 Å². The summed E-state index contributed by atoms with van der Waals surface area (Å²) >= 11 is 0. The topological polar surface area (TPSA) is 6.48 Å². The van der Waals surface area contributed by atoms with E-state index in [1.165, 1.54) is 77.8 Å². The Kier molecular flexibility index (Phi) is 18.3. The van der Waals surface area contributed by atoms with E-state index in [4.69, 9.17) is 0 Å². The average Bonchev–Trinajstić information content (AvgIpc) is 2.55. The van der Waals surface area contributed by atoms with Crippen LogP contribution in [0.25, 0.3) is 0 Å². The highest BCUT2D eigenvalue weighted by Crippen LogP contribution is 2.16. The summed E-state index contributed by atoms with van der Waals surface area (Å²) in [5.41, 5.74) is 0.446. The SMILES string of the molecule is CC.CC.CCCCCCCCN1CCN(CC(C)(C)C)CC1. The Balaban J connectivity index is 0. The molecule has 142 valence electrons. The van der Waals surface area contributed by atoms with Crippen LogP contribution < -0.4 is 0 Å². The van der Waals surface area contributed by atoms with Crippen molar-refractivity contribution in [2.75, 3.05) is 39.3 Å². The first-order valence-electron chi connectivity index (χ1n) is 10.5. The molecule has 1 fully saturated rings. The first-order chi connectivity index (χ1) is 11.0. The molecule has 1 aliphatic heterocycles. The van der Waals surface area contributed by atoms with Crippen molar-refractivity contribution < 1.29 is 0 Å². The summed E-state index contributed by atoms with van der Waals surface area (Å²) in [5.74, 6) is 0. The maximum Gasteiger partial charge on any atom is 0.0110 e. The fourth-order valence-corrected chi connectivity index (χ4v) is 2.96. The third-order valence-corrected chi connectivity index (χ3v) is 3.99. The highest BCUT2D eigenvalue weighted by molar-refractivity contribution is 4.76. The molecule has 0 spiro atoms. The van der Waals surface area contributed by atoms with Crippen LogP contribution in [0.5, 0.6) is 0 Å². The van der Waals surface area contributed by atoms with Gasteiger partial charge in [0.05, 0.1) is 0 Å². The van der Waals surface area contributed by atoms with E-state index >= 15 is 0 Å². The second kappa shape index (κ2) is 16.8. The lowest BCUT2D eigenvalue weighted by atomic mass is 9.96. The molecule has 0 amide bonds. The van der Waals surface area contributed by atoms with Gasteiger partial charge in [0.2, 0.25) is 0 Å². The minimum atomic E-state index is 0.446. The summed E-state index contributed by atoms with van der Waals surface area (Å²) in [6.07, 6.45) is 8.50. The molecule has 23 heavy (non-hydrogen) atoms. The van der Waals surface area contributed by atoms with E-state index in [2.05, 4.69) is 37.5 Å². The lowest BCUT2D eigenvalue weighted by molar-refractivity contribution is 0.101. The smallest absolute Gasteiger partial charge is 0.0110 e. The molecule has 1 aliphatic rings. The minimum absolute atomic E-state index is 0.446. The zero-order valence-electron chi connectivity index (χ0n) is 17.9. The lowest BCUT2D eigenvalue weighted by Crippen LogP contribution is -2.48. The summed E-state index contributed by atoms with van der Waals surface area (Å²) in [5, 5.41) is 0. The van der Waals surface area contributed by atoms with Gasteiger partial charge < -0.3 is 9.80 Å². The predicted octanol–water partition coefficient (Wildman–Crippen LogP) is 6.06. The van der Waals surface area contributed by atoms with Gasteiger partial charge in [0.1, 0.15) is 0 Å². The lowest BCUT2D eigenvalue weighted by Gasteiger charge is -2.37. The van der Waals surface area contributed by atoms with Gasteiger partial charge in [-0.1, -0.05) is 87.5 Å². The second-order valence-electron chi connectivity index (χ2n) is 7.45. The molecule has 0 N–H and O–H groups in total. The molecule has 0 aromatic rings. The monoisotopic (exact) mass is 328 g/mol. The molecule has 1 rings (SSSR count). The van der Waals surface area contributed by atoms with E-state index in [1.54, 1.807) is 0 Å². The number of hydrogen-bond donors (Lipinski definition) is 0. The van der Waals surface area contributed by atoms with Gasteiger partial charge in [-0.15, -0.1) is 0 Å². The number of rotatable bonds is 8. The molecule has 0 aliphatic carbocycles. The molecule has 0 atom stereocenters. The highest BCUT2D eigenvalue weighted by atomic mass is 15.3. The van der Waals surface area contributed by atoms with Crippen molar-refractivity contribution in [1.82, 2.24) is 9.80 Å². The van der Waals surface area contributed by atoms with Crippen molar-refractivity contribution >= 4 is 0 Å². The van der Waals surface area contributed by atoms with Gasteiger partial charge in [0.15, 0.2) is 0 Å². The van der Waals surface area contributed by atoms with Crippen molar-refractivity contribution in [2.45, 2.75) is 93.9 Å². The van der Waals surface area contributed by atoms with E-state index in [0.29, 0.717) is 5.41 Å². The molecule has 0 saturated carbocycles.